The maximum absolute atomic E-state index is 11.0. The van der Waals surface area contributed by atoms with Crippen LogP contribution in [0.1, 0.15) is 47.1 Å². The van der Waals surface area contributed by atoms with E-state index in [9.17, 15) is 9.90 Å². The first kappa shape index (κ1) is 30.2. The van der Waals surface area contributed by atoms with Crippen LogP contribution in [0.4, 0.5) is 0 Å². The molecule has 0 atom stereocenters. The normalized spacial score (nSPS) is 11.8. The van der Waals surface area contributed by atoms with Crippen LogP contribution in [0, 0.1) is 23.8 Å². The molecule has 0 aliphatic heterocycles. The Hall–Kier alpha value is -3.34. The Bertz CT molecular complexity index is 1620. The molecule has 2 heterocycles. The van der Waals surface area contributed by atoms with Gasteiger partial charge in [-0.3, -0.25) is 9.78 Å². The number of furan rings is 1. The number of aliphatic hydroxyl groups is 1. The standard InChI is InChI=1S/C24H19N2O.C9H16O2.Ir/c1-15(2)12-16-10-11-19-21(13-16)25-14-26-23(19)20-8-5-7-18-17-6-3-4-9-22(17)27-24(18)20;1-6(2)8(10)5-9(11)7(3)4;/h3-7,9-11,13-15H,12H2,1-2H3;5-7,10H,1-4H3;/q-1;;. The molecule has 205 valence electrons. The minimum absolute atomic E-state index is 0. The number of carbonyl (C=O) groups is 1. The molecule has 0 spiro atoms. The van der Waals surface area contributed by atoms with E-state index in [1.165, 1.54) is 11.6 Å². The summed E-state index contributed by atoms with van der Waals surface area (Å²) in [5.41, 5.74) is 5.71. The number of ketones is 1. The maximum Gasteiger partial charge on any atom is 0.161 e. The maximum atomic E-state index is 11.0. The molecule has 1 radical (unpaired) electrons. The molecule has 0 saturated heterocycles. The molecule has 0 aliphatic rings. The molecule has 3 aromatic carbocycles. The van der Waals surface area contributed by atoms with E-state index in [1.54, 1.807) is 6.33 Å². The molecular formula is C33H35IrN2O3-. The fourth-order valence-corrected chi connectivity index (χ4v) is 4.25. The van der Waals surface area contributed by atoms with E-state index < -0.39 is 0 Å². The number of hydrogen-bond acceptors (Lipinski definition) is 5. The van der Waals surface area contributed by atoms with E-state index in [2.05, 4.69) is 60.2 Å². The average molecular weight is 700 g/mol. The van der Waals surface area contributed by atoms with Crippen LogP contribution in [0.3, 0.4) is 0 Å². The Kier molecular flexibility index (Phi) is 10.2. The summed E-state index contributed by atoms with van der Waals surface area (Å²) in [5, 5.41) is 12.4. The van der Waals surface area contributed by atoms with Gasteiger partial charge >= 0.3 is 0 Å². The fraction of sp³-hybridized carbons (Fsp3) is 0.303. The molecule has 5 nitrogen and oxygen atoms in total. The van der Waals surface area contributed by atoms with Crippen LogP contribution in [0.25, 0.3) is 44.1 Å². The minimum Gasteiger partial charge on any atom is -0.512 e. The number of para-hydroxylation sites is 1. The zero-order chi connectivity index (χ0) is 27.4. The Balaban J connectivity index is 0.000000301. The van der Waals surface area contributed by atoms with Gasteiger partial charge in [-0.2, -0.15) is 0 Å². The van der Waals surface area contributed by atoms with Crippen LogP contribution in [0.5, 0.6) is 0 Å². The van der Waals surface area contributed by atoms with Crippen LogP contribution >= 0.6 is 0 Å². The fourth-order valence-electron chi connectivity index (χ4n) is 4.25. The number of allylic oxidation sites excluding steroid dienone is 2. The molecule has 5 aromatic rings. The van der Waals surface area contributed by atoms with Crippen molar-refractivity contribution in [2.24, 2.45) is 17.8 Å². The zero-order valence-electron chi connectivity index (χ0n) is 23.3. The molecule has 2 aromatic heterocycles. The van der Waals surface area contributed by atoms with E-state index in [0.717, 1.165) is 50.5 Å². The average Bonchev–Trinajstić information content (AvgIpc) is 3.27. The SMILES string of the molecule is CC(C)C(=O)C=C(O)C(C)C.CC(C)Cc1ccc2c(-c3[c-]ccc4c3oc3ccccc34)ncnc2c1.[Ir]. The molecule has 1 N–H and O–H groups in total. The molecular weight excluding hydrogens is 665 g/mol. The van der Waals surface area contributed by atoms with Gasteiger partial charge in [0.1, 0.15) is 11.9 Å². The Morgan fingerprint density at radius 2 is 1.69 bits per heavy atom. The van der Waals surface area contributed by atoms with Crippen LogP contribution < -0.4 is 0 Å². The summed E-state index contributed by atoms with van der Waals surface area (Å²) in [6, 6.07) is 21.9. The quantitative estimate of drug-likeness (QED) is 0.109. The van der Waals surface area contributed by atoms with Crippen molar-refractivity contribution in [2.75, 3.05) is 0 Å². The molecule has 0 bridgehead atoms. The molecule has 0 saturated carbocycles. The summed E-state index contributed by atoms with van der Waals surface area (Å²) in [6.07, 6.45) is 3.99. The number of fused-ring (bicyclic) bond motifs is 4. The smallest absolute Gasteiger partial charge is 0.161 e. The van der Waals surface area contributed by atoms with Crippen molar-refractivity contribution in [3.8, 4) is 11.3 Å². The summed E-state index contributed by atoms with van der Waals surface area (Å²) >= 11 is 0. The number of carbonyl (C=O) groups excluding carboxylic acids is 1. The molecule has 6 heteroatoms. The summed E-state index contributed by atoms with van der Waals surface area (Å²) in [4.78, 5) is 20.1. The van der Waals surface area contributed by atoms with Gasteiger partial charge in [-0.05, 0) is 35.4 Å². The van der Waals surface area contributed by atoms with Crippen molar-refractivity contribution in [3.05, 3.63) is 84.4 Å². The second kappa shape index (κ2) is 13.1. The Morgan fingerprint density at radius 1 is 0.949 bits per heavy atom. The molecule has 0 fully saturated rings. The number of hydrogen-bond donors (Lipinski definition) is 1. The van der Waals surface area contributed by atoms with Crippen molar-refractivity contribution in [1.82, 2.24) is 9.97 Å². The monoisotopic (exact) mass is 700 g/mol. The first-order chi connectivity index (χ1) is 18.2. The summed E-state index contributed by atoms with van der Waals surface area (Å²) in [5.74, 6) is 0.773. The van der Waals surface area contributed by atoms with Gasteiger partial charge in [0, 0.05) is 49.1 Å². The van der Waals surface area contributed by atoms with E-state index in [1.807, 2.05) is 52.0 Å². The molecule has 0 aliphatic carbocycles. The Morgan fingerprint density at radius 3 is 2.38 bits per heavy atom. The van der Waals surface area contributed by atoms with Gasteiger partial charge in [-0.25, -0.2) is 4.98 Å². The van der Waals surface area contributed by atoms with E-state index in [-0.39, 0.29) is 43.5 Å². The van der Waals surface area contributed by atoms with Crippen LogP contribution in [-0.2, 0) is 31.3 Å². The van der Waals surface area contributed by atoms with Gasteiger partial charge in [0.25, 0.3) is 0 Å². The van der Waals surface area contributed by atoms with Crippen molar-refractivity contribution in [2.45, 2.75) is 48.0 Å². The van der Waals surface area contributed by atoms with Crippen molar-refractivity contribution < 1.29 is 34.4 Å². The number of aromatic nitrogens is 2. The van der Waals surface area contributed by atoms with E-state index >= 15 is 0 Å². The number of nitrogens with zero attached hydrogens (tertiary/aromatic N) is 2. The Labute approximate surface area is 243 Å². The van der Waals surface area contributed by atoms with Gasteiger partial charge in [0.2, 0.25) is 0 Å². The van der Waals surface area contributed by atoms with Crippen molar-refractivity contribution in [1.29, 1.82) is 0 Å². The summed E-state index contributed by atoms with van der Waals surface area (Å²) in [6.45, 7) is 11.8. The first-order valence-electron chi connectivity index (χ1n) is 13.2. The zero-order valence-corrected chi connectivity index (χ0v) is 25.7. The molecule has 5 rings (SSSR count). The van der Waals surface area contributed by atoms with Gasteiger partial charge in [0.15, 0.2) is 5.78 Å². The van der Waals surface area contributed by atoms with Gasteiger partial charge in [-0.15, -0.1) is 18.2 Å². The predicted octanol–water partition coefficient (Wildman–Crippen LogP) is 8.50. The largest absolute Gasteiger partial charge is 0.512 e. The number of benzene rings is 3. The third kappa shape index (κ3) is 7.00. The van der Waals surface area contributed by atoms with Gasteiger partial charge in [0.05, 0.1) is 16.9 Å². The van der Waals surface area contributed by atoms with Crippen LogP contribution in [0.15, 0.2) is 77.2 Å². The second-order valence-corrected chi connectivity index (χ2v) is 10.6. The predicted molar refractivity (Wildman–Crippen MR) is 155 cm³/mol. The van der Waals surface area contributed by atoms with Gasteiger partial charge < -0.3 is 9.52 Å². The molecule has 39 heavy (non-hydrogen) atoms. The van der Waals surface area contributed by atoms with E-state index in [0.29, 0.717) is 5.92 Å². The molecule has 0 unspecified atom stereocenters. The van der Waals surface area contributed by atoms with Crippen molar-refractivity contribution >= 4 is 38.6 Å². The number of aliphatic hydroxyl groups excluding tert-OH is 1. The third-order valence-corrected chi connectivity index (χ3v) is 6.37. The first-order valence-corrected chi connectivity index (χ1v) is 13.2. The second-order valence-electron chi connectivity index (χ2n) is 10.6. The molecule has 0 amide bonds. The number of rotatable bonds is 6. The van der Waals surface area contributed by atoms with Crippen LogP contribution in [-0.4, -0.2) is 20.9 Å². The van der Waals surface area contributed by atoms with Crippen molar-refractivity contribution in [3.63, 3.8) is 0 Å². The third-order valence-electron chi connectivity index (χ3n) is 6.37. The summed E-state index contributed by atoms with van der Waals surface area (Å²) < 4.78 is 6.17. The van der Waals surface area contributed by atoms with Gasteiger partial charge in [-0.1, -0.05) is 82.8 Å². The summed E-state index contributed by atoms with van der Waals surface area (Å²) in [7, 11) is 0. The topological polar surface area (TPSA) is 76.2 Å². The minimum atomic E-state index is -0.0316. The van der Waals surface area contributed by atoms with Crippen LogP contribution in [0.2, 0.25) is 0 Å². The van der Waals surface area contributed by atoms with E-state index in [4.69, 9.17) is 4.42 Å².